The Morgan fingerprint density at radius 3 is 2.85 bits per heavy atom. The van der Waals surface area contributed by atoms with Crippen molar-refractivity contribution >= 4 is 10.1 Å². The summed E-state index contributed by atoms with van der Waals surface area (Å²) < 4.78 is 26.8. The molecule has 0 aliphatic carbocycles. The molecule has 0 spiro atoms. The Labute approximate surface area is 115 Å². The Bertz CT molecular complexity index is 762. The van der Waals surface area contributed by atoms with Crippen molar-refractivity contribution in [1.82, 2.24) is 20.2 Å². The zero-order valence-electron chi connectivity index (χ0n) is 10.8. The Morgan fingerprint density at radius 1 is 1.45 bits per heavy atom. The van der Waals surface area contributed by atoms with Gasteiger partial charge in [0.1, 0.15) is 6.10 Å². The first kappa shape index (κ1) is 14.1. The molecule has 8 nitrogen and oxygen atoms in total. The summed E-state index contributed by atoms with van der Waals surface area (Å²) in [5, 5.41) is 20.4. The van der Waals surface area contributed by atoms with E-state index in [1.807, 2.05) is 6.07 Å². The van der Waals surface area contributed by atoms with Crippen molar-refractivity contribution in [3.05, 3.63) is 35.7 Å². The maximum atomic E-state index is 11.0. The molecule has 104 valence electrons. The number of hydrogen-bond acceptors (Lipinski definition) is 7. The summed E-state index contributed by atoms with van der Waals surface area (Å²) in [4.78, 5) is 1.21. The number of hydrogen-bond donors (Lipinski definition) is 0. The van der Waals surface area contributed by atoms with E-state index in [2.05, 4.69) is 15.4 Å². The van der Waals surface area contributed by atoms with Gasteiger partial charge in [0.05, 0.1) is 23.6 Å². The molecule has 2 rings (SSSR count). The molecule has 0 bridgehead atoms. The number of aromatic nitrogens is 4. The van der Waals surface area contributed by atoms with Gasteiger partial charge < -0.3 is 0 Å². The minimum atomic E-state index is -3.60. The smallest absolute Gasteiger partial charge is 0.259 e. The summed E-state index contributed by atoms with van der Waals surface area (Å²) in [5.41, 5.74) is 1.01. The first-order valence-corrected chi connectivity index (χ1v) is 7.39. The lowest BCUT2D eigenvalue weighted by molar-refractivity contribution is 0.226. The van der Waals surface area contributed by atoms with Crippen molar-refractivity contribution in [2.24, 2.45) is 0 Å². The van der Waals surface area contributed by atoms with Crippen LogP contribution in [0.15, 0.2) is 24.3 Å². The fourth-order valence-electron chi connectivity index (χ4n) is 1.50. The number of nitrogens with zero attached hydrogens (tertiary/aromatic N) is 5. The summed E-state index contributed by atoms with van der Waals surface area (Å²) >= 11 is 0. The highest BCUT2D eigenvalue weighted by Crippen LogP contribution is 2.15. The van der Waals surface area contributed by atoms with Gasteiger partial charge in [-0.1, -0.05) is 6.07 Å². The van der Waals surface area contributed by atoms with Gasteiger partial charge in [0.25, 0.3) is 10.1 Å². The van der Waals surface area contributed by atoms with E-state index >= 15 is 0 Å². The SMILES string of the molecule is CC(OS(C)(=O)=O)c1nnn(-c2cccc(C#N)c2)n1. The van der Waals surface area contributed by atoms with Crippen LogP contribution in [0.25, 0.3) is 5.69 Å². The quantitative estimate of drug-likeness (QED) is 0.757. The van der Waals surface area contributed by atoms with E-state index in [4.69, 9.17) is 9.44 Å². The highest BCUT2D eigenvalue weighted by Gasteiger charge is 2.18. The van der Waals surface area contributed by atoms with E-state index in [1.54, 1.807) is 24.3 Å². The first-order chi connectivity index (χ1) is 9.39. The molecular formula is C11H11N5O3S. The topological polar surface area (TPSA) is 111 Å². The molecule has 1 unspecified atom stereocenters. The van der Waals surface area contributed by atoms with Gasteiger partial charge in [-0.3, -0.25) is 4.18 Å². The lowest BCUT2D eigenvalue weighted by Crippen LogP contribution is -2.09. The maximum absolute atomic E-state index is 11.0. The van der Waals surface area contributed by atoms with E-state index in [0.29, 0.717) is 11.3 Å². The van der Waals surface area contributed by atoms with Crippen LogP contribution in [0.2, 0.25) is 0 Å². The monoisotopic (exact) mass is 293 g/mol. The molecule has 1 atom stereocenters. The second-order valence-corrected chi connectivity index (χ2v) is 5.64. The Kier molecular flexibility index (Phi) is 3.78. The molecule has 0 N–H and O–H groups in total. The van der Waals surface area contributed by atoms with Crippen LogP contribution in [0.4, 0.5) is 0 Å². The lowest BCUT2D eigenvalue weighted by Gasteiger charge is -2.05. The largest absolute Gasteiger partial charge is 0.265 e. The average Bonchev–Trinajstić information content (AvgIpc) is 2.86. The van der Waals surface area contributed by atoms with Gasteiger partial charge in [-0.25, -0.2) is 0 Å². The fraction of sp³-hybridized carbons (Fsp3) is 0.273. The van der Waals surface area contributed by atoms with Gasteiger partial charge in [-0.2, -0.15) is 13.7 Å². The number of nitriles is 1. The predicted octanol–water partition coefficient (Wildman–Crippen LogP) is 0.571. The third kappa shape index (κ3) is 3.37. The van der Waals surface area contributed by atoms with Crippen LogP contribution in [-0.2, 0) is 14.3 Å². The third-order valence-corrected chi connectivity index (χ3v) is 2.96. The van der Waals surface area contributed by atoms with Crippen LogP contribution in [0.5, 0.6) is 0 Å². The second kappa shape index (κ2) is 5.36. The molecule has 1 aromatic carbocycles. The lowest BCUT2D eigenvalue weighted by atomic mass is 10.2. The molecule has 0 aliphatic heterocycles. The van der Waals surface area contributed by atoms with E-state index in [9.17, 15) is 8.42 Å². The summed E-state index contributed by atoms with van der Waals surface area (Å²) in [6.45, 7) is 1.51. The zero-order chi connectivity index (χ0) is 14.8. The van der Waals surface area contributed by atoms with Gasteiger partial charge in [-0.05, 0) is 30.3 Å². The van der Waals surface area contributed by atoms with Crippen molar-refractivity contribution in [3.8, 4) is 11.8 Å². The maximum Gasteiger partial charge on any atom is 0.265 e. The first-order valence-electron chi connectivity index (χ1n) is 5.58. The summed E-state index contributed by atoms with van der Waals surface area (Å²) in [6, 6.07) is 8.64. The van der Waals surface area contributed by atoms with Crippen LogP contribution in [0, 0.1) is 11.3 Å². The van der Waals surface area contributed by atoms with Gasteiger partial charge in [-0.15, -0.1) is 15.0 Å². The van der Waals surface area contributed by atoms with E-state index < -0.39 is 16.2 Å². The van der Waals surface area contributed by atoms with Gasteiger partial charge in [0.2, 0.25) is 5.82 Å². The summed E-state index contributed by atoms with van der Waals surface area (Å²) in [7, 11) is -3.60. The highest BCUT2D eigenvalue weighted by atomic mass is 32.2. The molecule has 0 fully saturated rings. The second-order valence-electron chi connectivity index (χ2n) is 4.04. The molecule has 0 aliphatic rings. The normalized spacial score (nSPS) is 12.8. The van der Waals surface area contributed by atoms with Gasteiger partial charge in [0.15, 0.2) is 0 Å². The van der Waals surface area contributed by atoms with Crippen molar-refractivity contribution < 1.29 is 12.6 Å². The molecular weight excluding hydrogens is 282 g/mol. The molecule has 2 aromatic rings. The van der Waals surface area contributed by atoms with Crippen molar-refractivity contribution in [1.29, 1.82) is 5.26 Å². The van der Waals surface area contributed by atoms with Crippen molar-refractivity contribution in [2.75, 3.05) is 6.26 Å². The molecule has 0 radical (unpaired) electrons. The predicted molar refractivity (Wildman–Crippen MR) is 68.2 cm³/mol. The average molecular weight is 293 g/mol. The Hall–Kier alpha value is -2.31. The minimum absolute atomic E-state index is 0.137. The fourth-order valence-corrected chi connectivity index (χ4v) is 2.11. The van der Waals surface area contributed by atoms with Gasteiger partial charge in [0, 0.05) is 0 Å². The molecule has 20 heavy (non-hydrogen) atoms. The van der Waals surface area contributed by atoms with E-state index in [0.717, 1.165) is 6.26 Å². The molecule has 0 saturated carbocycles. The third-order valence-electron chi connectivity index (χ3n) is 2.32. The Morgan fingerprint density at radius 2 is 2.20 bits per heavy atom. The van der Waals surface area contributed by atoms with Crippen LogP contribution in [-0.4, -0.2) is 34.9 Å². The molecule has 9 heteroatoms. The number of tetrazole rings is 1. The molecule has 1 heterocycles. The minimum Gasteiger partial charge on any atom is -0.259 e. The standard InChI is InChI=1S/C11H11N5O3S/c1-8(19-20(2,17)18)11-13-15-16(14-11)10-5-3-4-9(6-10)7-12/h3-6,8H,1-2H3. The molecule has 0 saturated heterocycles. The van der Waals surface area contributed by atoms with Crippen LogP contribution in [0.3, 0.4) is 0 Å². The summed E-state index contributed by atoms with van der Waals surface area (Å²) in [6.07, 6.45) is 0.113. The van der Waals surface area contributed by atoms with Crippen LogP contribution >= 0.6 is 0 Å². The number of benzene rings is 1. The molecule has 0 amide bonds. The van der Waals surface area contributed by atoms with E-state index in [1.165, 1.54) is 11.7 Å². The van der Waals surface area contributed by atoms with E-state index in [-0.39, 0.29) is 5.82 Å². The zero-order valence-corrected chi connectivity index (χ0v) is 11.6. The molecule has 1 aromatic heterocycles. The summed E-state index contributed by atoms with van der Waals surface area (Å²) in [5.74, 6) is 0.137. The number of rotatable bonds is 4. The van der Waals surface area contributed by atoms with Crippen LogP contribution < -0.4 is 0 Å². The Balaban J connectivity index is 2.27. The van der Waals surface area contributed by atoms with Crippen molar-refractivity contribution in [2.45, 2.75) is 13.0 Å². The van der Waals surface area contributed by atoms with Crippen molar-refractivity contribution in [3.63, 3.8) is 0 Å². The van der Waals surface area contributed by atoms with Crippen LogP contribution in [0.1, 0.15) is 24.4 Å². The highest BCUT2D eigenvalue weighted by molar-refractivity contribution is 7.86. The van der Waals surface area contributed by atoms with Gasteiger partial charge >= 0.3 is 0 Å².